The molecule has 1 aromatic rings. The first kappa shape index (κ1) is 10.2. The first-order valence-electron chi connectivity index (χ1n) is 6.34. The van der Waals surface area contributed by atoms with E-state index in [4.69, 9.17) is 0 Å². The molecule has 1 heterocycles. The molecule has 2 unspecified atom stereocenters. The van der Waals surface area contributed by atoms with Gasteiger partial charge in [-0.2, -0.15) is 0 Å². The Morgan fingerprint density at radius 3 is 2.94 bits per heavy atom. The summed E-state index contributed by atoms with van der Waals surface area (Å²) < 4.78 is 0. The van der Waals surface area contributed by atoms with Crippen molar-refractivity contribution in [3.8, 4) is 5.75 Å². The van der Waals surface area contributed by atoms with Crippen LogP contribution in [-0.4, -0.2) is 22.6 Å². The Morgan fingerprint density at radius 2 is 2.19 bits per heavy atom. The molecule has 1 fully saturated rings. The van der Waals surface area contributed by atoms with Gasteiger partial charge in [-0.05, 0) is 56.3 Å². The van der Waals surface area contributed by atoms with Gasteiger partial charge in [0, 0.05) is 12.1 Å². The van der Waals surface area contributed by atoms with E-state index in [-0.39, 0.29) is 0 Å². The maximum absolute atomic E-state index is 9.84. The van der Waals surface area contributed by atoms with Crippen molar-refractivity contribution in [1.29, 1.82) is 0 Å². The summed E-state index contributed by atoms with van der Waals surface area (Å²) in [6, 6.07) is 7.25. The van der Waals surface area contributed by atoms with E-state index in [0.717, 1.165) is 6.42 Å². The Balaban J connectivity index is 1.94. The molecule has 0 spiro atoms. The van der Waals surface area contributed by atoms with Gasteiger partial charge in [0.1, 0.15) is 5.75 Å². The molecule has 1 aliphatic carbocycles. The minimum atomic E-state index is 0.492. The molecule has 0 aromatic heterocycles. The van der Waals surface area contributed by atoms with Crippen molar-refractivity contribution in [2.24, 2.45) is 0 Å². The van der Waals surface area contributed by atoms with Crippen molar-refractivity contribution in [2.75, 3.05) is 6.54 Å². The van der Waals surface area contributed by atoms with Gasteiger partial charge in [-0.1, -0.05) is 12.1 Å². The molecule has 2 nitrogen and oxygen atoms in total. The Labute approximate surface area is 96.9 Å². The van der Waals surface area contributed by atoms with E-state index in [0.29, 0.717) is 17.8 Å². The lowest BCUT2D eigenvalue weighted by Gasteiger charge is -2.29. The van der Waals surface area contributed by atoms with Crippen LogP contribution in [0.5, 0.6) is 5.75 Å². The zero-order valence-corrected chi connectivity index (χ0v) is 9.82. The standard InChI is InChI=1S/C14H19NO/c1-10-4-3-9-15(10)13-8-7-12-11(13)5-2-6-14(12)16/h2,5-6,10,13,16H,3-4,7-9H2,1H3. The predicted molar refractivity (Wildman–Crippen MR) is 64.6 cm³/mol. The van der Waals surface area contributed by atoms with Crippen LogP contribution in [0.1, 0.15) is 43.4 Å². The van der Waals surface area contributed by atoms with E-state index in [1.807, 2.05) is 12.1 Å². The molecule has 0 radical (unpaired) electrons. The molecular formula is C14H19NO. The Hall–Kier alpha value is -1.02. The van der Waals surface area contributed by atoms with E-state index in [2.05, 4.69) is 17.9 Å². The fraction of sp³-hybridized carbons (Fsp3) is 0.571. The molecule has 3 rings (SSSR count). The molecule has 1 N–H and O–H groups in total. The third kappa shape index (κ3) is 1.44. The Morgan fingerprint density at radius 1 is 1.31 bits per heavy atom. The molecular weight excluding hydrogens is 198 g/mol. The van der Waals surface area contributed by atoms with Crippen molar-refractivity contribution in [3.05, 3.63) is 29.3 Å². The smallest absolute Gasteiger partial charge is 0.119 e. The van der Waals surface area contributed by atoms with Crippen LogP contribution >= 0.6 is 0 Å². The van der Waals surface area contributed by atoms with Crippen LogP contribution in [0.15, 0.2) is 18.2 Å². The third-order valence-electron chi connectivity index (χ3n) is 4.22. The molecule has 1 saturated heterocycles. The maximum atomic E-state index is 9.84. The highest BCUT2D eigenvalue weighted by atomic mass is 16.3. The number of fused-ring (bicyclic) bond motifs is 1. The molecule has 1 aliphatic heterocycles. The lowest BCUT2D eigenvalue weighted by Crippen LogP contribution is -2.30. The van der Waals surface area contributed by atoms with E-state index in [1.54, 1.807) is 0 Å². The van der Waals surface area contributed by atoms with Gasteiger partial charge in [0.25, 0.3) is 0 Å². The monoisotopic (exact) mass is 217 g/mol. The summed E-state index contributed by atoms with van der Waals surface area (Å²) in [5, 5.41) is 9.84. The van der Waals surface area contributed by atoms with E-state index in [1.165, 1.54) is 36.9 Å². The van der Waals surface area contributed by atoms with Gasteiger partial charge < -0.3 is 5.11 Å². The number of aromatic hydroxyl groups is 1. The van der Waals surface area contributed by atoms with Crippen LogP contribution in [0.4, 0.5) is 0 Å². The first-order valence-corrected chi connectivity index (χ1v) is 6.34. The van der Waals surface area contributed by atoms with Crippen LogP contribution in [0.3, 0.4) is 0 Å². The van der Waals surface area contributed by atoms with Gasteiger partial charge >= 0.3 is 0 Å². The van der Waals surface area contributed by atoms with Crippen molar-refractivity contribution in [2.45, 2.75) is 44.7 Å². The lowest BCUT2D eigenvalue weighted by atomic mass is 10.1. The fourth-order valence-electron chi connectivity index (χ4n) is 3.38. The topological polar surface area (TPSA) is 23.5 Å². The minimum absolute atomic E-state index is 0.492. The van der Waals surface area contributed by atoms with Gasteiger partial charge in [0.15, 0.2) is 0 Å². The van der Waals surface area contributed by atoms with Crippen LogP contribution in [0.2, 0.25) is 0 Å². The molecule has 0 amide bonds. The Kier molecular flexibility index (Phi) is 2.40. The average molecular weight is 217 g/mol. The molecule has 2 heteroatoms. The Bertz CT molecular complexity index is 402. The second kappa shape index (κ2) is 3.77. The summed E-state index contributed by atoms with van der Waals surface area (Å²) in [7, 11) is 0. The van der Waals surface area contributed by atoms with Gasteiger partial charge in [-0.3, -0.25) is 4.90 Å². The van der Waals surface area contributed by atoms with Crippen LogP contribution < -0.4 is 0 Å². The first-order chi connectivity index (χ1) is 7.77. The molecule has 2 atom stereocenters. The largest absolute Gasteiger partial charge is 0.508 e. The summed E-state index contributed by atoms with van der Waals surface area (Å²) in [4.78, 5) is 2.62. The van der Waals surface area contributed by atoms with Crippen LogP contribution in [0.25, 0.3) is 0 Å². The highest BCUT2D eigenvalue weighted by Gasteiger charge is 2.33. The molecule has 0 bridgehead atoms. The zero-order chi connectivity index (χ0) is 11.1. The summed E-state index contributed by atoms with van der Waals surface area (Å²) in [5.74, 6) is 0.492. The molecule has 2 aliphatic rings. The van der Waals surface area contributed by atoms with Gasteiger partial charge in [-0.15, -0.1) is 0 Å². The lowest BCUT2D eigenvalue weighted by molar-refractivity contribution is 0.190. The highest BCUT2D eigenvalue weighted by molar-refractivity contribution is 5.44. The molecule has 1 aromatic carbocycles. The van der Waals surface area contributed by atoms with Crippen LogP contribution in [-0.2, 0) is 6.42 Å². The number of likely N-dealkylation sites (tertiary alicyclic amines) is 1. The fourth-order valence-corrected chi connectivity index (χ4v) is 3.38. The maximum Gasteiger partial charge on any atom is 0.119 e. The summed E-state index contributed by atoms with van der Waals surface area (Å²) in [6.07, 6.45) is 4.86. The number of phenolic OH excluding ortho intramolecular Hbond substituents is 1. The number of phenols is 1. The van der Waals surface area contributed by atoms with Crippen molar-refractivity contribution >= 4 is 0 Å². The number of hydrogen-bond acceptors (Lipinski definition) is 2. The number of hydrogen-bond donors (Lipinski definition) is 1. The van der Waals surface area contributed by atoms with Crippen LogP contribution in [0, 0.1) is 0 Å². The van der Waals surface area contributed by atoms with Crippen molar-refractivity contribution in [3.63, 3.8) is 0 Å². The predicted octanol–water partition coefficient (Wildman–Crippen LogP) is 2.86. The van der Waals surface area contributed by atoms with Crippen molar-refractivity contribution in [1.82, 2.24) is 4.90 Å². The summed E-state index contributed by atoms with van der Waals surface area (Å²) in [5.41, 5.74) is 2.56. The van der Waals surface area contributed by atoms with E-state index >= 15 is 0 Å². The van der Waals surface area contributed by atoms with E-state index < -0.39 is 0 Å². The van der Waals surface area contributed by atoms with Crippen molar-refractivity contribution < 1.29 is 5.11 Å². The van der Waals surface area contributed by atoms with Gasteiger partial charge in [0.2, 0.25) is 0 Å². The second-order valence-electron chi connectivity index (χ2n) is 5.13. The number of benzene rings is 1. The van der Waals surface area contributed by atoms with Gasteiger partial charge in [-0.25, -0.2) is 0 Å². The minimum Gasteiger partial charge on any atom is -0.508 e. The zero-order valence-electron chi connectivity index (χ0n) is 9.82. The number of rotatable bonds is 1. The second-order valence-corrected chi connectivity index (χ2v) is 5.13. The van der Waals surface area contributed by atoms with Gasteiger partial charge in [0.05, 0.1) is 0 Å². The SMILES string of the molecule is CC1CCCN1C1CCc2c(O)cccc21. The number of nitrogens with zero attached hydrogens (tertiary/aromatic N) is 1. The molecule has 0 saturated carbocycles. The third-order valence-corrected chi connectivity index (χ3v) is 4.22. The van der Waals surface area contributed by atoms with E-state index in [9.17, 15) is 5.11 Å². The summed E-state index contributed by atoms with van der Waals surface area (Å²) in [6.45, 7) is 3.55. The molecule has 16 heavy (non-hydrogen) atoms. The summed E-state index contributed by atoms with van der Waals surface area (Å²) >= 11 is 0. The quantitative estimate of drug-likeness (QED) is 0.782. The highest BCUT2D eigenvalue weighted by Crippen LogP contribution is 2.42. The molecule has 86 valence electrons. The normalized spacial score (nSPS) is 29.6. The average Bonchev–Trinajstić information content (AvgIpc) is 2.84.